The Morgan fingerprint density at radius 2 is 1.96 bits per heavy atom. The number of carbonyl (C=O) groups is 1. The van der Waals surface area contributed by atoms with Gasteiger partial charge in [0, 0.05) is 11.1 Å². The molecular weight excluding hydrogens is 369 g/mol. The van der Waals surface area contributed by atoms with Crippen molar-refractivity contribution in [2.75, 3.05) is 5.32 Å². The van der Waals surface area contributed by atoms with Gasteiger partial charge in [0.15, 0.2) is 5.60 Å². The highest BCUT2D eigenvalue weighted by atomic mass is 35.5. The highest BCUT2D eigenvalue weighted by molar-refractivity contribution is 6.30. The molecule has 0 radical (unpaired) electrons. The standard InChI is InChI=1S/C20H19ClFN3O2/c1-20(2,27-17-8-6-16(22)7-9-17)19(26)24-18-10-11-23-25(18)13-14-4-3-5-15(21)12-14/h3-12H,13H2,1-2H3,(H,24,26). The van der Waals surface area contributed by atoms with E-state index in [1.54, 1.807) is 36.9 Å². The van der Waals surface area contributed by atoms with Crippen molar-refractivity contribution in [3.8, 4) is 5.75 Å². The third-order valence-corrected chi connectivity index (χ3v) is 4.15. The van der Waals surface area contributed by atoms with Crippen LogP contribution < -0.4 is 10.1 Å². The minimum absolute atomic E-state index is 0.348. The number of amides is 1. The van der Waals surface area contributed by atoms with Crippen LogP contribution in [0.3, 0.4) is 0 Å². The summed E-state index contributed by atoms with van der Waals surface area (Å²) in [6.45, 7) is 3.75. The predicted octanol–water partition coefficient (Wildman–Crippen LogP) is 4.52. The number of nitrogens with one attached hydrogen (secondary N) is 1. The molecule has 140 valence electrons. The first-order chi connectivity index (χ1) is 12.8. The van der Waals surface area contributed by atoms with Gasteiger partial charge >= 0.3 is 0 Å². The minimum Gasteiger partial charge on any atom is -0.478 e. The number of ether oxygens (including phenoxy) is 1. The van der Waals surface area contributed by atoms with Gasteiger partial charge < -0.3 is 10.1 Å². The lowest BCUT2D eigenvalue weighted by atomic mass is 10.1. The largest absolute Gasteiger partial charge is 0.478 e. The first-order valence-electron chi connectivity index (χ1n) is 8.36. The summed E-state index contributed by atoms with van der Waals surface area (Å²) in [6, 6.07) is 14.7. The number of aromatic nitrogens is 2. The van der Waals surface area contributed by atoms with Gasteiger partial charge in [-0.15, -0.1) is 0 Å². The Hall–Kier alpha value is -2.86. The van der Waals surface area contributed by atoms with E-state index in [1.807, 2.05) is 18.2 Å². The summed E-state index contributed by atoms with van der Waals surface area (Å²) in [5.41, 5.74) is -0.202. The lowest BCUT2D eigenvalue weighted by molar-refractivity contribution is -0.128. The molecule has 0 saturated carbocycles. The van der Waals surface area contributed by atoms with Crippen LogP contribution in [0.5, 0.6) is 5.75 Å². The molecule has 3 rings (SSSR count). The molecule has 0 saturated heterocycles. The van der Waals surface area contributed by atoms with Crippen molar-refractivity contribution in [1.82, 2.24) is 9.78 Å². The second kappa shape index (κ2) is 7.80. The van der Waals surface area contributed by atoms with E-state index in [-0.39, 0.29) is 11.7 Å². The molecule has 5 nitrogen and oxygen atoms in total. The van der Waals surface area contributed by atoms with E-state index in [2.05, 4.69) is 10.4 Å². The Kier molecular flexibility index (Phi) is 5.46. The molecule has 0 aliphatic rings. The van der Waals surface area contributed by atoms with Crippen LogP contribution in [0.2, 0.25) is 5.02 Å². The Labute approximate surface area is 161 Å². The summed E-state index contributed by atoms with van der Waals surface area (Å²) in [5, 5.41) is 7.71. The molecule has 0 fully saturated rings. The van der Waals surface area contributed by atoms with Gasteiger partial charge in [-0.1, -0.05) is 23.7 Å². The molecule has 0 aliphatic heterocycles. The number of nitrogens with zero attached hydrogens (tertiary/aromatic N) is 2. The van der Waals surface area contributed by atoms with Crippen molar-refractivity contribution < 1.29 is 13.9 Å². The van der Waals surface area contributed by atoms with Gasteiger partial charge in [0.05, 0.1) is 12.7 Å². The molecule has 7 heteroatoms. The van der Waals surface area contributed by atoms with E-state index < -0.39 is 5.60 Å². The molecule has 1 aromatic heterocycles. The lowest BCUT2D eigenvalue weighted by Gasteiger charge is -2.25. The van der Waals surface area contributed by atoms with Crippen LogP contribution in [0.25, 0.3) is 0 Å². The quantitative estimate of drug-likeness (QED) is 0.676. The topological polar surface area (TPSA) is 56.1 Å². The summed E-state index contributed by atoms with van der Waals surface area (Å²) in [5.74, 6) is 0.230. The van der Waals surface area contributed by atoms with Crippen LogP contribution >= 0.6 is 11.6 Å². The molecule has 1 amide bonds. The van der Waals surface area contributed by atoms with Crippen molar-refractivity contribution in [2.45, 2.75) is 26.0 Å². The Morgan fingerprint density at radius 1 is 1.22 bits per heavy atom. The molecule has 3 aromatic rings. The minimum atomic E-state index is -1.16. The molecule has 0 aliphatic carbocycles. The summed E-state index contributed by atoms with van der Waals surface area (Å²) < 4.78 is 20.4. The van der Waals surface area contributed by atoms with E-state index in [1.165, 1.54) is 24.3 Å². The summed E-state index contributed by atoms with van der Waals surface area (Å²) in [7, 11) is 0. The lowest BCUT2D eigenvalue weighted by Crippen LogP contribution is -2.43. The molecule has 0 spiro atoms. The zero-order valence-corrected chi connectivity index (χ0v) is 15.7. The van der Waals surface area contributed by atoms with Gasteiger partial charge in [-0.25, -0.2) is 9.07 Å². The van der Waals surface area contributed by atoms with Gasteiger partial charge in [-0.2, -0.15) is 5.10 Å². The SMILES string of the molecule is CC(C)(Oc1ccc(F)cc1)C(=O)Nc1ccnn1Cc1cccc(Cl)c1. The Bertz CT molecular complexity index is 938. The third kappa shape index (κ3) is 4.86. The molecule has 1 heterocycles. The highest BCUT2D eigenvalue weighted by Gasteiger charge is 2.30. The maximum absolute atomic E-state index is 13.0. The average molecular weight is 388 g/mol. The molecule has 2 aromatic carbocycles. The van der Waals surface area contributed by atoms with Crippen LogP contribution in [-0.2, 0) is 11.3 Å². The van der Waals surface area contributed by atoms with Crippen LogP contribution in [0, 0.1) is 5.82 Å². The van der Waals surface area contributed by atoms with E-state index in [0.717, 1.165) is 5.56 Å². The smallest absolute Gasteiger partial charge is 0.269 e. The number of hydrogen-bond donors (Lipinski definition) is 1. The highest BCUT2D eigenvalue weighted by Crippen LogP contribution is 2.21. The number of halogens is 2. The fourth-order valence-electron chi connectivity index (χ4n) is 2.48. The van der Waals surface area contributed by atoms with E-state index in [4.69, 9.17) is 16.3 Å². The first kappa shape index (κ1) is 18.9. The number of carbonyl (C=O) groups excluding carboxylic acids is 1. The maximum Gasteiger partial charge on any atom is 0.269 e. The number of benzene rings is 2. The Balaban J connectivity index is 1.70. The van der Waals surface area contributed by atoms with Gasteiger partial charge in [0.25, 0.3) is 5.91 Å². The van der Waals surface area contributed by atoms with Crippen LogP contribution in [0.15, 0.2) is 60.8 Å². The van der Waals surface area contributed by atoms with Gasteiger partial charge in [-0.3, -0.25) is 4.79 Å². The average Bonchev–Trinajstić information content (AvgIpc) is 3.03. The Morgan fingerprint density at radius 3 is 2.67 bits per heavy atom. The van der Waals surface area contributed by atoms with Crippen molar-refractivity contribution in [1.29, 1.82) is 0 Å². The molecule has 0 atom stereocenters. The summed E-state index contributed by atoms with van der Waals surface area (Å²) >= 11 is 6.02. The first-order valence-corrected chi connectivity index (χ1v) is 8.73. The van der Waals surface area contributed by atoms with Gasteiger partial charge in [-0.05, 0) is 55.8 Å². The molecule has 27 heavy (non-hydrogen) atoms. The third-order valence-electron chi connectivity index (χ3n) is 3.91. The molecule has 1 N–H and O–H groups in total. The number of hydrogen-bond acceptors (Lipinski definition) is 3. The van der Waals surface area contributed by atoms with Crippen LogP contribution in [0.4, 0.5) is 10.2 Å². The zero-order chi connectivity index (χ0) is 19.4. The normalized spacial score (nSPS) is 11.3. The maximum atomic E-state index is 13.0. The predicted molar refractivity (Wildman–Crippen MR) is 103 cm³/mol. The monoisotopic (exact) mass is 387 g/mol. The second-order valence-corrected chi connectivity index (χ2v) is 6.96. The van der Waals surface area contributed by atoms with Gasteiger partial charge in [0.1, 0.15) is 17.4 Å². The fraction of sp³-hybridized carbons (Fsp3) is 0.200. The summed E-state index contributed by atoms with van der Waals surface area (Å²) in [4.78, 5) is 12.7. The number of rotatable bonds is 6. The van der Waals surface area contributed by atoms with Crippen LogP contribution in [-0.4, -0.2) is 21.3 Å². The van der Waals surface area contributed by atoms with Crippen LogP contribution in [0.1, 0.15) is 19.4 Å². The zero-order valence-electron chi connectivity index (χ0n) is 14.9. The molecular formula is C20H19ClFN3O2. The van der Waals surface area contributed by atoms with E-state index in [9.17, 15) is 9.18 Å². The van der Waals surface area contributed by atoms with Crippen molar-refractivity contribution in [3.05, 3.63) is 77.2 Å². The van der Waals surface area contributed by atoms with E-state index >= 15 is 0 Å². The summed E-state index contributed by atoms with van der Waals surface area (Å²) in [6.07, 6.45) is 1.61. The molecule has 0 bridgehead atoms. The second-order valence-electron chi connectivity index (χ2n) is 6.52. The van der Waals surface area contributed by atoms with Crippen molar-refractivity contribution >= 4 is 23.3 Å². The van der Waals surface area contributed by atoms with Crippen molar-refractivity contribution in [2.24, 2.45) is 0 Å². The van der Waals surface area contributed by atoms with E-state index in [0.29, 0.717) is 23.1 Å². The number of anilines is 1. The molecule has 0 unspecified atom stereocenters. The fourth-order valence-corrected chi connectivity index (χ4v) is 2.70. The van der Waals surface area contributed by atoms with Crippen molar-refractivity contribution in [3.63, 3.8) is 0 Å². The van der Waals surface area contributed by atoms with Gasteiger partial charge in [0.2, 0.25) is 0 Å².